The molecule has 2 aromatic carbocycles. The van der Waals surface area contributed by atoms with E-state index in [1.807, 2.05) is 0 Å². The van der Waals surface area contributed by atoms with Crippen LogP contribution < -0.4 is 0 Å². The fourth-order valence-electron chi connectivity index (χ4n) is 2.61. The van der Waals surface area contributed by atoms with Crippen LogP contribution in [-0.2, 0) is 5.75 Å². The SMILES string of the molecule is Fc1ccc(-c2cnc(SCc3nc4ccccc4n3C(F)F)o2)cc1. The molecule has 0 aliphatic carbocycles. The average Bonchev–Trinajstić information content (AvgIpc) is 3.24. The predicted molar refractivity (Wildman–Crippen MR) is 92.4 cm³/mol. The number of aromatic nitrogens is 3. The molecule has 2 aromatic heterocycles. The molecule has 8 heteroatoms. The molecule has 0 bridgehead atoms. The summed E-state index contributed by atoms with van der Waals surface area (Å²) >= 11 is 1.17. The summed E-state index contributed by atoms with van der Waals surface area (Å²) < 4.78 is 46.3. The molecule has 0 fully saturated rings. The van der Waals surface area contributed by atoms with Gasteiger partial charge in [0.25, 0.3) is 5.22 Å². The van der Waals surface area contributed by atoms with Crippen molar-refractivity contribution in [2.24, 2.45) is 0 Å². The molecule has 0 amide bonds. The Bertz CT molecular complexity index is 1040. The molecular weight excluding hydrogens is 363 g/mol. The number of oxazole rings is 1. The first-order chi connectivity index (χ1) is 12.6. The number of imidazole rings is 1. The summed E-state index contributed by atoms with van der Waals surface area (Å²) in [6.07, 6.45) is 1.52. The van der Waals surface area contributed by atoms with Crippen LogP contribution in [0.5, 0.6) is 0 Å². The molecule has 0 unspecified atom stereocenters. The molecule has 132 valence electrons. The van der Waals surface area contributed by atoms with Gasteiger partial charge in [-0.3, -0.25) is 4.57 Å². The lowest BCUT2D eigenvalue weighted by atomic mass is 10.2. The van der Waals surface area contributed by atoms with E-state index in [1.165, 1.54) is 30.1 Å². The third kappa shape index (κ3) is 3.20. The first-order valence-electron chi connectivity index (χ1n) is 7.70. The Morgan fingerprint density at radius 1 is 1.08 bits per heavy atom. The van der Waals surface area contributed by atoms with Crippen molar-refractivity contribution in [2.75, 3.05) is 0 Å². The van der Waals surface area contributed by atoms with E-state index in [9.17, 15) is 13.2 Å². The second kappa shape index (κ2) is 6.87. The molecule has 0 N–H and O–H groups in total. The number of hydrogen-bond acceptors (Lipinski definition) is 4. The molecule has 4 rings (SSSR count). The van der Waals surface area contributed by atoms with Crippen LogP contribution in [0.15, 0.2) is 64.4 Å². The van der Waals surface area contributed by atoms with Crippen molar-refractivity contribution in [3.63, 3.8) is 0 Å². The number of alkyl halides is 2. The van der Waals surface area contributed by atoms with E-state index in [0.717, 1.165) is 4.57 Å². The summed E-state index contributed by atoms with van der Waals surface area (Å²) in [5.74, 6) is 0.568. The van der Waals surface area contributed by atoms with Crippen molar-refractivity contribution in [2.45, 2.75) is 17.5 Å². The highest BCUT2D eigenvalue weighted by Crippen LogP contribution is 2.30. The van der Waals surface area contributed by atoms with Gasteiger partial charge in [0.1, 0.15) is 11.6 Å². The second-order valence-corrected chi connectivity index (χ2v) is 6.38. The molecule has 0 radical (unpaired) electrons. The Hall–Kier alpha value is -2.74. The highest BCUT2D eigenvalue weighted by Gasteiger charge is 2.18. The van der Waals surface area contributed by atoms with E-state index in [0.29, 0.717) is 27.6 Å². The van der Waals surface area contributed by atoms with Crippen LogP contribution in [0.1, 0.15) is 12.4 Å². The number of halogens is 3. The molecule has 0 aliphatic rings. The summed E-state index contributed by atoms with van der Waals surface area (Å²) in [5, 5.41) is 0.331. The lowest BCUT2D eigenvalue weighted by Crippen LogP contribution is -2.03. The highest BCUT2D eigenvalue weighted by molar-refractivity contribution is 7.98. The Labute approximate surface area is 150 Å². The maximum absolute atomic E-state index is 13.4. The molecule has 0 spiro atoms. The minimum absolute atomic E-state index is 0.183. The molecule has 0 aliphatic heterocycles. The fraction of sp³-hybridized carbons (Fsp3) is 0.111. The highest BCUT2D eigenvalue weighted by atomic mass is 32.2. The Balaban J connectivity index is 1.55. The summed E-state index contributed by atoms with van der Waals surface area (Å²) in [7, 11) is 0. The molecule has 0 saturated carbocycles. The molecule has 26 heavy (non-hydrogen) atoms. The van der Waals surface area contributed by atoms with Crippen LogP contribution in [-0.4, -0.2) is 14.5 Å². The van der Waals surface area contributed by atoms with Gasteiger partial charge in [0.05, 0.1) is 23.0 Å². The maximum atomic E-state index is 13.4. The zero-order valence-corrected chi connectivity index (χ0v) is 14.1. The number of benzene rings is 2. The minimum atomic E-state index is -2.68. The lowest BCUT2D eigenvalue weighted by Gasteiger charge is -2.06. The van der Waals surface area contributed by atoms with E-state index in [4.69, 9.17) is 4.42 Å². The Morgan fingerprint density at radius 2 is 1.85 bits per heavy atom. The lowest BCUT2D eigenvalue weighted by molar-refractivity contribution is 0.0722. The third-order valence-electron chi connectivity index (χ3n) is 3.80. The van der Waals surface area contributed by atoms with E-state index in [1.54, 1.807) is 36.4 Å². The number of hydrogen-bond donors (Lipinski definition) is 0. The molecule has 0 atom stereocenters. The number of para-hydroxylation sites is 2. The largest absolute Gasteiger partial charge is 0.431 e. The van der Waals surface area contributed by atoms with Gasteiger partial charge in [-0.25, -0.2) is 14.4 Å². The van der Waals surface area contributed by atoms with Crippen LogP contribution in [0.25, 0.3) is 22.4 Å². The molecule has 4 aromatic rings. The predicted octanol–water partition coefficient (Wildman–Crippen LogP) is 5.52. The zero-order valence-electron chi connectivity index (χ0n) is 13.3. The van der Waals surface area contributed by atoms with Crippen molar-refractivity contribution >= 4 is 22.8 Å². The van der Waals surface area contributed by atoms with Gasteiger partial charge in [-0.15, -0.1) is 0 Å². The molecule has 0 saturated heterocycles. The van der Waals surface area contributed by atoms with E-state index in [-0.39, 0.29) is 17.4 Å². The number of fused-ring (bicyclic) bond motifs is 1. The monoisotopic (exact) mass is 375 g/mol. The topological polar surface area (TPSA) is 43.9 Å². The van der Waals surface area contributed by atoms with Gasteiger partial charge in [0.2, 0.25) is 0 Å². The smallest absolute Gasteiger partial charge is 0.320 e. The number of rotatable bonds is 5. The van der Waals surface area contributed by atoms with Gasteiger partial charge in [-0.2, -0.15) is 8.78 Å². The minimum Gasteiger partial charge on any atom is -0.431 e. The summed E-state index contributed by atoms with van der Waals surface area (Å²) in [6.45, 7) is -2.68. The Morgan fingerprint density at radius 3 is 2.62 bits per heavy atom. The van der Waals surface area contributed by atoms with Crippen molar-refractivity contribution < 1.29 is 17.6 Å². The first kappa shape index (κ1) is 16.7. The molecule has 4 nitrogen and oxygen atoms in total. The number of thioether (sulfide) groups is 1. The van der Waals surface area contributed by atoms with Crippen molar-refractivity contribution in [3.05, 3.63) is 66.4 Å². The van der Waals surface area contributed by atoms with Crippen LogP contribution in [0.2, 0.25) is 0 Å². The average molecular weight is 375 g/mol. The van der Waals surface area contributed by atoms with Gasteiger partial charge >= 0.3 is 6.55 Å². The third-order valence-corrected chi connectivity index (χ3v) is 4.64. The maximum Gasteiger partial charge on any atom is 0.320 e. The van der Waals surface area contributed by atoms with Crippen molar-refractivity contribution in [1.82, 2.24) is 14.5 Å². The molecule has 2 heterocycles. The van der Waals surface area contributed by atoms with Crippen LogP contribution in [0.3, 0.4) is 0 Å². The normalized spacial score (nSPS) is 11.5. The number of nitrogens with zero attached hydrogens (tertiary/aromatic N) is 3. The summed E-state index contributed by atoms with van der Waals surface area (Å²) in [6, 6.07) is 12.6. The van der Waals surface area contributed by atoms with Crippen molar-refractivity contribution in [3.8, 4) is 11.3 Å². The van der Waals surface area contributed by atoms with Gasteiger partial charge in [0, 0.05) is 5.56 Å². The van der Waals surface area contributed by atoms with Gasteiger partial charge in [-0.05, 0) is 36.4 Å². The van der Waals surface area contributed by atoms with Crippen molar-refractivity contribution in [1.29, 1.82) is 0 Å². The van der Waals surface area contributed by atoms with E-state index >= 15 is 0 Å². The van der Waals surface area contributed by atoms with Gasteiger partial charge < -0.3 is 4.42 Å². The molecular formula is C18H12F3N3OS. The quantitative estimate of drug-likeness (QED) is 0.431. The second-order valence-electron chi connectivity index (χ2n) is 5.45. The summed E-state index contributed by atoms with van der Waals surface area (Å²) in [5.41, 5.74) is 1.59. The van der Waals surface area contributed by atoms with Gasteiger partial charge in [0.15, 0.2) is 5.76 Å². The first-order valence-corrected chi connectivity index (χ1v) is 8.69. The van der Waals surface area contributed by atoms with Crippen LogP contribution in [0, 0.1) is 5.82 Å². The zero-order chi connectivity index (χ0) is 18.1. The fourth-order valence-corrected chi connectivity index (χ4v) is 3.34. The van der Waals surface area contributed by atoms with Crippen LogP contribution >= 0.6 is 11.8 Å². The van der Waals surface area contributed by atoms with E-state index in [2.05, 4.69) is 9.97 Å². The van der Waals surface area contributed by atoms with Crippen LogP contribution in [0.4, 0.5) is 13.2 Å². The van der Waals surface area contributed by atoms with Gasteiger partial charge in [-0.1, -0.05) is 23.9 Å². The summed E-state index contributed by atoms with van der Waals surface area (Å²) in [4.78, 5) is 8.41. The Kier molecular flexibility index (Phi) is 4.42. The van der Waals surface area contributed by atoms with E-state index < -0.39 is 6.55 Å². The standard InChI is InChI=1S/C18H12F3N3OS/c19-12-7-5-11(6-8-12)15-9-22-18(25-15)26-10-16-23-13-3-1-2-4-14(13)24(16)17(20)21/h1-9,17H,10H2.